The Hall–Kier alpha value is -2.28. The third kappa shape index (κ3) is 3.88. The van der Waals surface area contributed by atoms with Crippen molar-refractivity contribution in [2.24, 2.45) is 0 Å². The number of morpholine rings is 1. The summed E-state index contributed by atoms with van der Waals surface area (Å²) < 4.78 is 19.5. The lowest BCUT2D eigenvalue weighted by atomic mass is 10.0. The molecule has 0 aliphatic carbocycles. The molecule has 4 rings (SSSR count). The summed E-state index contributed by atoms with van der Waals surface area (Å²) in [6.45, 7) is 3.64. The van der Waals surface area contributed by atoms with Crippen LogP contribution in [0.15, 0.2) is 48.8 Å². The van der Waals surface area contributed by atoms with Crippen LogP contribution in [0.2, 0.25) is 5.02 Å². The van der Waals surface area contributed by atoms with Crippen LogP contribution in [0, 0.1) is 5.82 Å². The van der Waals surface area contributed by atoms with E-state index in [0.717, 1.165) is 23.7 Å². The second-order valence-electron chi connectivity index (χ2n) is 6.42. The van der Waals surface area contributed by atoms with Crippen molar-refractivity contribution in [1.29, 1.82) is 0 Å². The van der Waals surface area contributed by atoms with E-state index in [4.69, 9.17) is 16.3 Å². The maximum atomic E-state index is 14.0. The highest BCUT2D eigenvalue weighted by atomic mass is 35.5. The summed E-state index contributed by atoms with van der Waals surface area (Å²) in [6, 6.07) is 12.8. The number of hydrogen-bond acceptors (Lipinski definition) is 5. The summed E-state index contributed by atoms with van der Waals surface area (Å²) in [4.78, 5) is 10.7. The number of rotatable bonds is 5. The SMILES string of the molecule is Fc1cccc2c(NCC(c3ccccc3Cl)N3CCOCC3)ncnc12. The molecule has 2 aromatic carbocycles. The van der Waals surface area contributed by atoms with Gasteiger partial charge in [-0.2, -0.15) is 0 Å². The van der Waals surface area contributed by atoms with E-state index in [1.807, 2.05) is 30.3 Å². The summed E-state index contributed by atoms with van der Waals surface area (Å²) in [6.07, 6.45) is 1.38. The van der Waals surface area contributed by atoms with Gasteiger partial charge in [0.15, 0.2) is 0 Å². The Bertz CT molecular complexity index is 933. The first kappa shape index (κ1) is 18.1. The molecule has 1 aromatic heterocycles. The summed E-state index contributed by atoms with van der Waals surface area (Å²) in [5, 5.41) is 4.77. The lowest BCUT2D eigenvalue weighted by molar-refractivity contribution is 0.0187. The van der Waals surface area contributed by atoms with Crippen LogP contribution in [0.5, 0.6) is 0 Å². The van der Waals surface area contributed by atoms with Gasteiger partial charge in [0, 0.05) is 30.0 Å². The Morgan fingerprint density at radius 3 is 2.74 bits per heavy atom. The minimum Gasteiger partial charge on any atom is -0.379 e. The van der Waals surface area contributed by atoms with E-state index in [-0.39, 0.29) is 11.9 Å². The molecule has 1 aliphatic heterocycles. The number of fused-ring (bicyclic) bond motifs is 1. The molecule has 5 nitrogen and oxygen atoms in total. The fourth-order valence-electron chi connectivity index (χ4n) is 3.46. The highest BCUT2D eigenvalue weighted by Gasteiger charge is 2.24. The third-order valence-corrected chi connectivity index (χ3v) is 5.17. The Balaban J connectivity index is 1.63. The van der Waals surface area contributed by atoms with Gasteiger partial charge in [0.2, 0.25) is 0 Å². The van der Waals surface area contributed by atoms with Crippen LogP contribution < -0.4 is 5.32 Å². The number of anilines is 1. The number of nitrogens with zero attached hydrogens (tertiary/aromatic N) is 3. The number of halogens is 2. The zero-order valence-corrected chi connectivity index (χ0v) is 15.5. The van der Waals surface area contributed by atoms with Gasteiger partial charge in [-0.25, -0.2) is 14.4 Å². The van der Waals surface area contributed by atoms with Crippen LogP contribution >= 0.6 is 11.6 Å². The summed E-state index contributed by atoms with van der Waals surface area (Å²) in [5.41, 5.74) is 1.37. The molecular formula is C20H20ClFN4O. The predicted molar refractivity (Wildman–Crippen MR) is 105 cm³/mol. The quantitative estimate of drug-likeness (QED) is 0.720. The van der Waals surface area contributed by atoms with Gasteiger partial charge in [-0.1, -0.05) is 35.9 Å². The van der Waals surface area contributed by atoms with E-state index in [1.54, 1.807) is 6.07 Å². The second-order valence-corrected chi connectivity index (χ2v) is 6.83. The molecule has 1 saturated heterocycles. The van der Waals surface area contributed by atoms with E-state index in [9.17, 15) is 4.39 Å². The molecule has 1 atom stereocenters. The summed E-state index contributed by atoms with van der Waals surface area (Å²) in [7, 11) is 0. The Labute approximate surface area is 162 Å². The molecule has 140 valence electrons. The fraction of sp³-hybridized carbons (Fsp3) is 0.300. The number of nitrogens with one attached hydrogen (secondary N) is 1. The first-order valence-electron chi connectivity index (χ1n) is 8.93. The molecule has 3 aromatic rings. The molecular weight excluding hydrogens is 367 g/mol. The summed E-state index contributed by atoms with van der Waals surface area (Å²) >= 11 is 6.47. The minimum atomic E-state index is -0.353. The smallest absolute Gasteiger partial charge is 0.149 e. The maximum absolute atomic E-state index is 14.0. The van der Waals surface area contributed by atoms with Gasteiger partial charge in [0.05, 0.1) is 19.3 Å². The van der Waals surface area contributed by atoms with E-state index in [2.05, 4.69) is 20.2 Å². The number of benzene rings is 2. The number of para-hydroxylation sites is 1. The second kappa shape index (κ2) is 8.17. The Morgan fingerprint density at radius 1 is 1.11 bits per heavy atom. The molecule has 0 spiro atoms. The Morgan fingerprint density at radius 2 is 1.93 bits per heavy atom. The largest absolute Gasteiger partial charge is 0.379 e. The predicted octanol–water partition coefficient (Wildman–Crippen LogP) is 3.91. The number of ether oxygens (including phenoxy) is 1. The minimum absolute atomic E-state index is 0.0566. The lowest BCUT2D eigenvalue weighted by Crippen LogP contribution is -2.41. The molecule has 1 aliphatic rings. The van der Waals surface area contributed by atoms with Crippen LogP contribution in [0.1, 0.15) is 11.6 Å². The van der Waals surface area contributed by atoms with Crippen molar-refractivity contribution in [2.45, 2.75) is 6.04 Å². The first-order valence-corrected chi connectivity index (χ1v) is 9.31. The van der Waals surface area contributed by atoms with Gasteiger partial charge in [0.1, 0.15) is 23.5 Å². The van der Waals surface area contributed by atoms with Crippen LogP contribution in [-0.2, 0) is 4.74 Å². The molecule has 1 N–H and O–H groups in total. The van der Waals surface area contributed by atoms with Crippen molar-refractivity contribution in [3.8, 4) is 0 Å². The maximum Gasteiger partial charge on any atom is 0.149 e. The molecule has 0 radical (unpaired) electrons. The molecule has 7 heteroatoms. The average Bonchev–Trinajstić information content (AvgIpc) is 2.71. The van der Waals surface area contributed by atoms with Crippen molar-refractivity contribution in [3.63, 3.8) is 0 Å². The standard InChI is InChI=1S/C20H20ClFN4O/c21-16-6-2-1-4-14(16)18(26-8-10-27-11-9-26)12-23-20-15-5-3-7-17(22)19(15)24-13-25-20/h1-7,13,18H,8-12H2,(H,23,24,25). The van der Waals surface area contributed by atoms with Crippen molar-refractivity contribution < 1.29 is 9.13 Å². The van der Waals surface area contributed by atoms with Crippen molar-refractivity contribution >= 4 is 28.3 Å². The van der Waals surface area contributed by atoms with Crippen LogP contribution in [0.4, 0.5) is 10.2 Å². The lowest BCUT2D eigenvalue weighted by Gasteiger charge is -2.35. The highest BCUT2D eigenvalue weighted by molar-refractivity contribution is 6.31. The van der Waals surface area contributed by atoms with Gasteiger partial charge in [-0.3, -0.25) is 4.90 Å². The number of aromatic nitrogens is 2. The van der Waals surface area contributed by atoms with Crippen LogP contribution in [-0.4, -0.2) is 47.7 Å². The van der Waals surface area contributed by atoms with Crippen molar-refractivity contribution in [2.75, 3.05) is 38.2 Å². The van der Waals surface area contributed by atoms with Gasteiger partial charge in [-0.05, 0) is 23.8 Å². The van der Waals surface area contributed by atoms with Crippen LogP contribution in [0.3, 0.4) is 0 Å². The van der Waals surface area contributed by atoms with Gasteiger partial charge in [0.25, 0.3) is 0 Å². The third-order valence-electron chi connectivity index (χ3n) is 4.83. The van der Waals surface area contributed by atoms with Gasteiger partial charge < -0.3 is 10.1 Å². The molecule has 0 saturated carbocycles. The number of hydrogen-bond donors (Lipinski definition) is 1. The zero-order chi connectivity index (χ0) is 18.6. The molecule has 2 heterocycles. The zero-order valence-electron chi connectivity index (χ0n) is 14.7. The summed E-state index contributed by atoms with van der Waals surface area (Å²) in [5.74, 6) is 0.263. The van der Waals surface area contributed by atoms with Crippen molar-refractivity contribution in [1.82, 2.24) is 14.9 Å². The van der Waals surface area contributed by atoms with E-state index < -0.39 is 0 Å². The molecule has 27 heavy (non-hydrogen) atoms. The van der Waals surface area contributed by atoms with E-state index in [0.29, 0.717) is 36.5 Å². The Kier molecular flexibility index (Phi) is 5.48. The van der Waals surface area contributed by atoms with Crippen LogP contribution in [0.25, 0.3) is 10.9 Å². The first-order chi connectivity index (χ1) is 13.2. The molecule has 0 amide bonds. The monoisotopic (exact) mass is 386 g/mol. The fourth-order valence-corrected chi connectivity index (χ4v) is 3.72. The highest BCUT2D eigenvalue weighted by Crippen LogP contribution is 2.29. The molecule has 0 bridgehead atoms. The average molecular weight is 387 g/mol. The van der Waals surface area contributed by atoms with Gasteiger partial charge >= 0.3 is 0 Å². The normalized spacial score (nSPS) is 16.4. The van der Waals surface area contributed by atoms with Crippen molar-refractivity contribution in [3.05, 3.63) is 65.2 Å². The van der Waals surface area contributed by atoms with Gasteiger partial charge in [-0.15, -0.1) is 0 Å². The molecule has 1 fully saturated rings. The van der Waals surface area contributed by atoms with E-state index >= 15 is 0 Å². The van der Waals surface area contributed by atoms with E-state index in [1.165, 1.54) is 12.4 Å². The molecule has 1 unspecified atom stereocenters. The topological polar surface area (TPSA) is 50.3 Å².